The Kier molecular flexibility index (Phi) is 4.52. The van der Waals surface area contributed by atoms with E-state index in [2.05, 4.69) is 29.4 Å². The first-order valence-corrected chi connectivity index (χ1v) is 7.66. The minimum Gasteiger partial charge on any atom is -0.394 e. The van der Waals surface area contributed by atoms with E-state index in [1.807, 2.05) is 18.3 Å². The Morgan fingerprint density at radius 1 is 1.32 bits per heavy atom. The lowest BCUT2D eigenvalue weighted by Crippen LogP contribution is -2.24. The summed E-state index contributed by atoms with van der Waals surface area (Å²) in [6.07, 6.45) is 2.82. The second-order valence-electron chi connectivity index (χ2n) is 5.65. The molecule has 0 spiro atoms. The zero-order valence-electron chi connectivity index (χ0n) is 12.6. The maximum atomic E-state index is 9.78. The molecule has 3 rings (SSSR count). The molecular weight excluding hydrogens is 282 g/mol. The highest BCUT2D eigenvalue weighted by atomic mass is 16.5. The molecule has 22 heavy (non-hydrogen) atoms. The Morgan fingerprint density at radius 3 is 2.73 bits per heavy atom. The van der Waals surface area contributed by atoms with Crippen LogP contribution < -0.4 is 0 Å². The number of aromatic nitrogens is 3. The Morgan fingerprint density at radius 2 is 2.09 bits per heavy atom. The number of benzene rings is 1. The molecule has 0 saturated carbocycles. The van der Waals surface area contributed by atoms with Gasteiger partial charge in [0, 0.05) is 12.0 Å². The number of aryl methyl sites for hydroxylation is 1. The van der Waals surface area contributed by atoms with Gasteiger partial charge in [-0.3, -0.25) is 0 Å². The fourth-order valence-electron chi connectivity index (χ4n) is 2.72. The normalized spacial score (nSPS) is 24.8. The van der Waals surface area contributed by atoms with Crippen LogP contribution in [0.3, 0.4) is 0 Å². The van der Waals surface area contributed by atoms with E-state index in [-0.39, 0.29) is 12.8 Å². The molecular formula is C16H21N3O3. The lowest BCUT2D eigenvalue weighted by molar-refractivity contribution is -0.0489. The minimum absolute atomic E-state index is 0.196. The van der Waals surface area contributed by atoms with Crippen LogP contribution in [0.2, 0.25) is 0 Å². The summed E-state index contributed by atoms with van der Waals surface area (Å²) in [4.78, 5) is 0. The van der Waals surface area contributed by atoms with Crippen LogP contribution in [0, 0.1) is 0 Å². The molecule has 1 saturated heterocycles. The van der Waals surface area contributed by atoms with E-state index >= 15 is 0 Å². The number of aliphatic hydroxyl groups excluding tert-OH is 2. The fraction of sp³-hybridized carbons (Fsp3) is 0.500. The predicted molar refractivity (Wildman–Crippen MR) is 81.1 cm³/mol. The van der Waals surface area contributed by atoms with E-state index in [0.29, 0.717) is 6.42 Å². The van der Waals surface area contributed by atoms with Gasteiger partial charge in [-0.15, -0.1) is 5.10 Å². The number of nitrogens with zero attached hydrogens (tertiary/aromatic N) is 3. The van der Waals surface area contributed by atoms with E-state index in [0.717, 1.165) is 24.1 Å². The average molecular weight is 303 g/mol. The first kappa shape index (κ1) is 15.1. The molecule has 6 heteroatoms. The van der Waals surface area contributed by atoms with Crippen LogP contribution in [0.5, 0.6) is 0 Å². The van der Waals surface area contributed by atoms with Crippen LogP contribution >= 0.6 is 0 Å². The summed E-state index contributed by atoms with van der Waals surface area (Å²) < 4.78 is 7.17. The molecule has 2 N–H and O–H groups in total. The van der Waals surface area contributed by atoms with Crippen molar-refractivity contribution in [3.63, 3.8) is 0 Å². The van der Waals surface area contributed by atoms with Gasteiger partial charge in [-0.1, -0.05) is 42.8 Å². The maximum Gasteiger partial charge on any atom is 0.155 e. The highest BCUT2D eigenvalue weighted by Gasteiger charge is 2.35. The fourth-order valence-corrected chi connectivity index (χ4v) is 2.72. The van der Waals surface area contributed by atoms with Gasteiger partial charge in [0.25, 0.3) is 0 Å². The molecule has 0 amide bonds. The van der Waals surface area contributed by atoms with Gasteiger partial charge in [0.15, 0.2) is 6.23 Å². The summed E-state index contributed by atoms with van der Waals surface area (Å²) in [5.74, 6) is 0. The van der Waals surface area contributed by atoms with Crippen molar-refractivity contribution in [2.45, 2.75) is 44.6 Å². The molecule has 1 aliphatic rings. The molecule has 1 aliphatic heterocycles. The van der Waals surface area contributed by atoms with Crippen molar-refractivity contribution in [2.75, 3.05) is 6.61 Å². The first-order chi connectivity index (χ1) is 10.7. The molecule has 6 nitrogen and oxygen atoms in total. The Bertz CT molecular complexity index is 611. The summed E-state index contributed by atoms with van der Waals surface area (Å²) in [6, 6.07) is 8.30. The number of hydrogen-bond acceptors (Lipinski definition) is 5. The van der Waals surface area contributed by atoms with Crippen LogP contribution in [0.1, 0.15) is 31.6 Å². The molecule has 1 aromatic heterocycles. The molecule has 1 aromatic carbocycles. The van der Waals surface area contributed by atoms with Crippen molar-refractivity contribution in [2.24, 2.45) is 0 Å². The van der Waals surface area contributed by atoms with Crippen LogP contribution in [-0.2, 0) is 11.2 Å². The molecule has 118 valence electrons. The third-order valence-electron chi connectivity index (χ3n) is 3.98. The Balaban J connectivity index is 1.73. The molecule has 0 bridgehead atoms. The van der Waals surface area contributed by atoms with Gasteiger partial charge < -0.3 is 14.9 Å². The van der Waals surface area contributed by atoms with E-state index in [1.165, 1.54) is 5.56 Å². The topological polar surface area (TPSA) is 80.4 Å². The SMILES string of the molecule is CCCc1ccc(-c2cn([C@H]3C[C@@H](O)[C@H](CO)O3)nn2)cc1. The Hall–Kier alpha value is -1.76. The largest absolute Gasteiger partial charge is 0.394 e. The highest BCUT2D eigenvalue weighted by Crippen LogP contribution is 2.29. The van der Waals surface area contributed by atoms with Crippen molar-refractivity contribution in [3.05, 3.63) is 36.0 Å². The van der Waals surface area contributed by atoms with Crippen molar-refractivity contribution >= 4 is 0 Å². The van der Waals surface area contributed by atoms with E-state index in [1.54, 1.807) is 4.68 Å². The van der Waals surface area contributed by atoms with Crippen LogP contribution in [-0.4, -0.2) is 44.0 Å². The van der Waals surface area contributed by atoms with Crippen molar-refractivity contribution in [1.29, 1.82) is 0 Å². The van der Waals surface area contributed by atoms with Gasteiger partial charge in [-0.25, -0.2) is 4.68 Å². The lowest BCUT2D eigenvalue weighted by atomic mass is 10.1. The van der Waals surface area contributed by atoms with Crippen LogP contribution in [0.15, 0.2) is 30.5 Å². The average Bonchev–Trinajstić information content (AvgIpc) is 3.15. The van der Waals surface area contributed by atoms with Gasteiger partial charge in [-0.05, 0) is 12.0 Å². The standard InChI is InChI=1S/C16H21N3O3/c1-2-3-11-4-6-12(7-5-11)13-9-19(18-17-13)16-8-14(21)15(10-20)22-16/h4-7,9,14-16,20-21H,2-3,8,10H2,1H3/t14-,15+,16-/m1/s1. The smallest absolute Gasteiger partial charge is 0.155 e. The zero-order valence-corrected chi connectivity index (χ0v) is 12.6. The molecule has 1 fully saturated rings. The second-order valence-corrected chi connectivity index (χ2v) is 5.65. The highest BCUT2D eigenvalue weighted by molar-refractivity contribution is 5.57. The molecule has 0 aliphatic carbocycles. The molecule has 2 aromatic rings. The maximum absolute atomic E-state index is 9.78. The first-order valence-electron chi connectivity index (χ1n) is 7.66. The van der Waals surface area contributed by atoms with Crippen LogP contribution in [0.25, 0.3) is 11.3 Å². The zero-order chi connectivity index (χ0) is 15.5. The van der Waals surface area contributed by atoms with Crippen molar-refractivity contribution < 1.29 is 14.9 Å². The van der Waals surface area contributed by atoms with E-state index in [4.69, 9.17) is 9.84 Å². The summed E-state index contributed by atoms with van der Waals surface area (Å²) >= 11 is 0. The van der Waals surface area contributed by atoms with Crippen molar-refractivity contribution in [1.82, 2.24) is 15.0 Å². The third-order valence-corrected chi connectivity index (χ3v) is 3.98. The summed E-state index contributed by atoms with van der Waals surface area (Å²) in [7, 11) is 0. The monoisotopic (exact) mass is 303 g/mol. The number of rotatable bonds is 5. The molecule has 0 radical (unpaired) electrons. The molecule has 3 atom stereocenters. The molecule has 2 heterocycles. The van der Waals surface area contributed by atoms with Gasteiger partial charge in [0.05, 0.1) is 18.9 Å². The number of aliphatic hydroxyl groups is 2. The second kappa shape index (κ2) is 6.56. The van der Waals surface area contributed by atoms with Gasteiger partial charge in [0.2, 0.25) is 0 Å². The number of ether oxygens (including phenoxy) is 1. The number of hydrogen-bond donors (Lipinski definition) is 2. The van der Waals surface area contributed by atoms with Crippen LogP contribution in [0.4, 0.5) is 0 Å². The molecule has 0 unspecified atom stereocenters. The summed E-state index contributed by atoms with van der Waals surface area (Å²) in [5.41, 5.74) is 3.09. The van der Waals surface area contributed by atoms with E-state index in [9.17, 15) is 5.11 Å². The summed E-state index contributed by atoms with van der Waals surface area (Å²) in [5, 5.41) is 27.2. The lowest BCUT2D eigenvalue weighted by Gasteiger charge is -2.11. The van der Waals surface area contributed by atoms with Gasteiger partial charge in [-0.2, -0.15) is 0 Å². The van der Waals surface area contributed by atoms with Crippen molar-refractivity contribution in [3.8, 4) is 11.3 Å². The van der Waals surface area contributed by atoms with Gasteiger partial charge >= 0.3 is 0 Å². The third kappa shape index (κ3) is 3.04. The Labute approximate surface area is 129 Å². The predicted octanol–water partition coefficient (Wildman–Crippen LogP) is 1.54. The van der Waals surface area contributed by atoms with Gasteiger partial charge in [0.1, 0.15) is 11.8 Å². The summed E-state index contributed by atoms with van der Waals surface area (Å²) in [6.45, 7) is 1.97. The van der Waals surface area contributed by atoms with E-state index < -0.39 is 12.2 Å². The quantitative estimate of drug-likeness (QED) is 0.876. The minimum atomic E-state index is -0.670.